The van der Waals surface area contributed by atoms with Crippen LogP contribution in [-0.4, -0.2) is 28.2 Å². The van der Waals surface area contributed by atoms with Gasteiger partial charge in [-0.15, -0.1) is 0 Å². The number of aliphatic hydroxyl groups is 2. The average molecular weight is 375 g/mol. The second-order valence-electron chi connectivity index (χ2n) is 10.8. The third-order valence-electron chi connectivity index (χ3n) is 9.68. The maximum atomic E-state index is 13.1. The second-order valence-corrected chi connectivity index (χ2v) is 10.8. The van der Waals surface area contributed by atoms with Crippen molar-refractivity contribution in [3.05, 3.63) is 12.2 Å². The van der Waals surface area contributed by atoms with Gasteiger partial charge in [-0.2, -0.15) is 0 Å². The standard InChI is InChI=1S/C24H38O3/c1-5-6-14(2)16-7-8-17-15-11-20(25)19-12-21(26)22(27)13-24(19,4)18(15)9-10-23(16,17)3/h5-6,14-19,21-22,26-27H,7-13H2,1-4H3/b6-5-/t14-,15?,16-,17?,18?,19-,21+,22-,23-,24-/m1/s1. The molecule has 3 unspecified atom stereocenters. The number of hydrogen-bond acceptors (Lipinski definition) is 3. The Labute approximate surface area is 164 Å². The lowest BCUT2D eigenvalue weighted by atomic mass is 9.44. The molecule has 3 heteroatoms. The summed E-state index contributed by atoms with van der Waals surface area (Å²) in [4.78, 5) is 13.1. The Morgan fingerprint density at radius 2 is 1.78 bits per heavy atom. The zero-order valence-corrected chi connectivity index (χ0v) is 17.5. The number of ketones is 1. The van der Waals surface area contributed by atoms with Crippen LogP contribution in [0.2, 0.25) is 0 Å². The molecule has 0 aromatic heterocycles. The third-order valence-corrected chi connectivity index (χ3v) is 9.68. The highest BCUT2D eigenvalue weighted by Crippen LogP contribution is 2.67. The highest BCUT2D eigenvalue weighted by Gasteiger charge is 2.63. The zero-order chi connectivity index (χ0) is 19.6. The predicted molar refractivity (Wildman–Crippen MR) is 107 cm³/mol. The summed E-state index contributed by atoms with van der Waals surface area (Å²) in [7, 11) is 0. The number of aliphatic hydroxyl groups excluding tert-OH is 2. The van der Waals surface area contributed by atoms with Gasteiger partial charge in [-0.1, -0.05) is 32.9 Å². The molecule has 4 rings (SSSR count). The van der Waals surface area contributed by atoms with E-state index in [1.54, 1.807) is 0 Å². The molecular formula is C24H38O3. The van der Waals surface area contributed by atoms with E-state index in [1.165, 1.54) is 25.7 Å². The third kappa shape index (κ3) is 2.79. The van der Waals surface area contributed by atoms with Gasteiger partial charge in [-0.3, -0.25) is 4.79 Å². The number of allylic oxidation sites excluding steroid dienone is 2. The number of rotatable bonds is 2. The molecule has 0 aliphatic heterocycles. The molecule has 0 amide bonds. The van der Waals surface area contributed by atoms with Crippen molar-refractivity contribution in [2.45, 2.75) is 84.8 Å². The van der Waals surface area contributed by atoms with Crippen LogP contribution in [0.5, 0.6) is 0 Å². The van der Waals surface area contributed by atoms with Gasteiger partial charge in [0.15, 0.2) is 0 Å². The first kappa shape index (κ1) is 19.6. The van der Waals surface area contributed by atoms with Crippen molar-refractivity contribution in [3.63, 3.8) is 0 Å². The van der Waals surface area contributed by atoms with Crippen molar-refractivity contribution in [2.75, 3.05) is 0 Å². The first-order valence-electron chi connectivity index (χ1n) is 11.2. The number of hydrogen-bond donors (Lipinski definition) is 2. The predicted octanol–water partition coefficient (Wildman–Crippen LogP) is 4.37. The van der Waals surface area contributed by atoms with E-state index in [2.05, 4.69) is 39.8 Å². The van der Waals surface area contributed by atoms with E-state index < -0.39 is 12.2 Å². The summed E-state index contributed by atoms with van der Waals surface area (Å²) < 4.78 is 0. The molecule has 4 saturated carbocycles. The van der Waals surface area contributed by atoms with E-state index in [0.29, 0.717) is 54.1 Å². The minimum absolute atomic E-state index is 0.0549. The summed E-state index contributed by atoms with van der Waals surface area (Å²) in [6.07, 6.45) is 9.89. The van der Waals surface area contributed by atoms with Gasteiger partial charge in [0.05, 0.1) is 12.2 Å². The van der Waals surface area contributed by atoms with Crippen molar-refractivity contribution in [3.8, 4) is 0 Å². The van der Waals surface area contributed by atoms with E-state index in [-0.39, 0.29) is 11.3 Å². The van der Waals surface area contributed by atoms with Crippen molar-refractivity contribution in [1.29, 1.82) is 0 Å². The SMILES string of the molecule is C/C=C\[C@@H](C)[C@H]1CCC2C3CC(=O)[C@H]4C[C@H](O)[C@H](O)C[C@]4(C)C3CC[C@@]21C. The maximum absolute atomic E-state index is 13.1. The Balaban J connectivity index is 1.64. The van der Waals surface area contributed by atoms with Gasteiger partial charge in [0.25, 0.3) is 0 Å². The average Bonchev–Trinajstić information content (AvgIpc) is 2.95. The minimum Gasteiger partial charge on any atom is -0.390 e. The van der Waals surface area contributed by atoms with Crippen LogP contribution in [0.15, 0.2) is 12.2 Å². The monoisotopic (exact) mass is 374 g/mol. The lowest BCUT2D eigenvalue weighted by Gasteiger charge is -2.60. The van der Waals surface area contributed by atoms with Crippen LogP contribution < -0.4 is 0 Å². The topological polar surface area (TPSA) is 57.5 Å². The molecule has 0 bridgehead atoms. The largest absolute Gasteiger partial charge is 0.390 e. The Hall–Kier alpha value is -0.670. The molecule has 152 valence electrons. The molecule has 0 heterocycles. The van der Waals surface area contributed by atoms with Crippen LogP contribution in [-0.2, 0) is 4.79 Å². The molecule has 3 nitrogen and oxygen atoms in total. The molecule has 0 aromatic rings. The van der Waals surface area contributed by atoms with E-state index in [0.717, 1.165) is 5.92 Å². The zero-order valence-electron chi connectivity index (χ0n) is 17.5. The molecule has 4 aliphatic rings. The molecule has 2 N–H and O–H groups in total. The van der Waals surface area contributed by atoms with Gasteiger partial charge >= 0.3 is 0 Å². The molecule has 0 aromatic carbocycles. The van der Waals surface area contributed by atoms with Crippen molar-refractivity contribution >= 4 is 5.78 Å². The summed E-state index contributed by atoms with van der Waals surface area (Å²) in [5, 5.41) is 20.6. The first-order valence-corrected chi connectivity index (χ1v) is 11.2. The van der Waals surface area contributed by atoms with E-state index in [4.69, 9.17) is 0 Å². The van der Waals surface area contributed by atoms with E-state index >= 15 is 0 Å². The highest BCUT2D eigenvalue weighted by atomic mass is 16.3. The fourth-order valence-electron chi connectivity index (χ4n) is 8.41. The molecule has 0 spiro atoms. The van der Waals surface area contributed by atoms with Crippen LogP contribution in [0.1, 0.15) is 72.6 Å². The van der Waals surface area contributed by atoms with Crippen LogP contribution in [0.25, 0.3) is 0 Å². The van der Waals surface area contributed by atoms with Gasteiger partial charge in [0.1, 0.15) is 5.78 Å². The molecule has 0 saturated heterocycles. The van der Waals surface area contributed by atoms with Crippen molar-refractivity contribution < 1.29 is 15.0 Å². The maximum Gasteiger partial charge on any atom is 0.136 e. The molecule has 0 radical (unpaired) electrons. The number of carbonyl (C=O) groups is 1. The smallest absolute Gasteiger partial charge is 0.136 e. The normalized spacial score (nSPS) is 53.7. The van der Waals surface area contributed by atoms with Crippen molar-refractivity contribution in [1.82, 2.24) is 0 Å². The summed E-state index contributed by atoms with van der Waals surface area (Å²) in [6, 6.07) is 0. The Morgan fingerprint density at radius 1 is 1.07 bits per heavy atom. The first-order chi connectivity index (χ1) is 12.7. The molecule has 10 atom stereocenters. The van der Waals surface area contributed by atoms with Gasteiger partial charge in [0.2, 0.25) is 0 Å². The molecule has 4 fully saturated rings. The lowest BCUT2D eigenvalue weighted by molar-refractivity contribution is -0.173. The van der Waals surface area contributed by atoms with Gasteiger partial charge < -0.3 is 10.2 Å². The summed E-state index contributed by atoms with van der Waals surface area (Å²) in [5.41, 5.74) is 0.212. The van der Waals surface area contributed by atoms with Gasteiger partial charge in [-0.05, 0) is 85.9 Å². The minimum atomic E-state index is -0.727. The van der Waals surface area contributed by atoms with E-state index in [1.807, 2.05) is 0 Å². The van der Waals surface area contributed by atoms with Gasteiger partial charge in [-0.25, -0.2) is 0 Å². The lowest BCUT2D eigenvalue weighted by Crippen LogP contribution is -2.59. The quantitative estimate of drug-likeness (QED) is 0.706. The molecule has 27 heavy (non-hydrogen) atoms. The fourth-order valence-corrected chi connectivity index (χ4v) is 8.41. The highest BCUT2D eigenvalue weighted by molar-refractivity contribution is 5.83. The molecule has 4 aliphatic carbocycles. The summed E-state index contributed by atoms with van der Waals surface area (Å²) in [6.45, 7) is 9.24. The van der Waals surface area contributed by atoms with Crippen LogP contribution in [0.4, 0.5) is 0 Å². The molecular weight excluding hydrogens is 336 g/mol. The summed E-state index contributed by atoms with van der Waals surface area (Å²) in [5.74, 6) is 3.27. The van der Waals surface area contributed by atoms with Crippen LogP contribution >= 0.6 is 0 Å². The van der Waals surface area contributed by atoms with Crippen LogP contribution in [0.3, 0.4) is 0 Å². The van der Waals surface area contributed by atoms with Crippen molar-refractivity contribution in [2.24, 2.45) is 46.3 Å². The summed E-state index contributed by atoms with van der Waals surface area (Å²) >= 11 is 0. The Bertz CT molecular complexity index is 627. The second kappa shape index (κ2) is 6.69. The number of carbonyl (C=O) groups excluding carboxylic acids is 1. The number of Topliss-reactive ketones (excluding diaryl/α,β-unsaturated/α-hetero) is 1. The Kier molecular flexibility index (Phi) is 4.87. The number of fused-ring (bicyclic) bond motifs is 5. The Morgan fingerprint density at radius 3 is 2.48 bits per heavy atom. The van der Waals surface area contributed by atoms with Crippen LogP contribution in [0, 0.1) is 46.3 Å². The van der Waals surface area contributed by atoms with E-state index in [9.17, 15) is 15.0 Å². The van der Waals surface area contributed by atoms with Gasteiger partial charge in [0, 0.05) is 12.3 Å². The fraction of sp³-hybridized carbons (Fsp3) is 0.875.